The first kappa shape index (κ1) is 13.6. The van der Waals surface area contributed by atoms with E-state index in [4.69, 9.17) is 0 Å². The lowest BCUT2D eigenvalue weighted by atomic mass is 9.95. The summed E-state index contributed by atoms with van der Waals surface area (Å²) in [5.74, 6) is 0.0751. The van der Waals surface area contributed by atoms with Crippen molar-refractivity contribution in [3.8, 4) is 0 Å². The van der Waals surface area contributed by atoms with Crippen LogP contribution in [0.3, 0.4) is 0 Å². The Morgan fingerprint density at radius 2 is 1.82 bits per heavy atom. The van der Waals surface area contributed by atoms with Gasteiger partial charge in [0.1, 0.15) is 0 Å². The number of hydrogen-bond donors (Lipinski definition) is 1. The summed E-state index contributed by atoms with van der Waals surface area (Å²) < 4.78 is 0. The number of nitrogens with zero attached hydrogens (tertiary/aromatic N) is 1. The number of rotatable bonds is 3. The molecule has 1 amide bonds. The van der Waals surface area contributed by atoms with Gasteiger partial charge in [0.15, 0.2) is 0 Å². The maximum atomic E-state index is 11.8. The number of benzene rings is 1. The minimum absolute atomic E-state index is 0.0751. The standard InChI is InChI=1S/C14H22N2O/c1-14(2,3)13(17)15-10-11-8-6-7-9-12(11)16(4)5/h6-9H,10H2,1-5H3,(H,15,17). The Labute approximate surface area is 104 Å². The van der Waals surface area contributed by atoms with Crippen LogP contribution in [0.1, 0.15) is 26.3 Å². The third-order valence-electron chi connectivity index (χ3n) is 2.59. The van der Waals surface area contributed by atoms with Gasteiger partial charge in [0, 0.05) is 31.7 Å². The van der Waals surface area contributed by atoms with Gasteiger partial charge in [-0.1, -0.05) is 39.0 Å². The number of carbonyl (C=O) groups excluding carboxylic acids is 1. The van der Waals surface area contributed by atoms with E-state index in [2.05, 4.69) is 16.3 Å². The number of carbonyl (C=O) groups is 1. The lowest BCUT2D eigenvalue weighted by molar-refractivity contribution is -0.128. The quantitative estimate of drug-likeness (QED) is 0.871. The number of anilines is 1. The van der Waals surface area contributed by atoms with Crippen LogP contribution in [0.25, 0.3) is 0 Å². The van der Waals surface area contributed by atoms with Crippen molar-refractivity contribution in [3.63, 3.8) is 0 Å². The molecule has 0 radical (unpaired) electrons. The van der Waals surface area contributed by atoms with Crippen LogP contribution in [0.4, 0.5) is 5.69 Å². The molecule has 0 unspecified atom stereocenters. The molecular formula is C14H22N2O. The highest BCUT2D eigenvalue weighted by atomic mass is 16.2. The zero-order chi connectivity index (χ0) is 13.1. The minimum Gasteiger partial charge on any atom is -0.377 e. The first-order valence-corrected chi connectivity index (χ1v) is 5.86. The van der Waals surface area contributed by atoms with Gasteiger partial charge < -0.3 is 10.2 Å². The highest BCUT2D eigenvalue weighted by molar-refractivity contribution is 5.81. The van der Waals surface area contributed by atoms with Crippen molar-refractivity contribution in [2.75, 3.05) is 19.0 Å². The molecule has 1 aromatic rings. The van der Waals surface area contributed by atoms with Crippen LogP contribution in [-0.4, -0.2) is 20.0 Å². The summed E-state index contributed by atoms with van der Waals surface area (Å²) in [7, 11) is 4.01. The third kappa shape index (κ3) is 3.77. The summed E-state index contributed by atoms with van der Waals surface area (Å²) >= 11 is 0. The van der Waals surface area contributed by atoms with Crippen molar-refractivity contribution in [3.05, 3.63) is 29.8 Å². The van der Waals surface area contributed by atoms with Gasteiger partial charge >= 0.3 is 0 Å². The summed E-state index contributed by atoms with van der Waals surface area (Å²) in [6.07, 6.45) is 0. The van der Waals surface area contributed by atoms with E-state index in [1.807, 2.05) is 53.1 Å². The summed E-state index contributed by atoms with van der Waals surface area (Å²) in [4.78, 5) is 13.8. The molecule has 17 heavy (non-hydrogen) atoms. The van der Waals surface area contributed by atoms with Crippen LogP contribution in [0, 0.1) is 5.41 Å². The zero-order valence-corrected chi connectivity index (χ0v) is 11.4. The van der Waals surface area contributed by atoms with Crippen molar-refractivity contribution in [2.45, 2.75) is 27.3 Å². The van der Waals surface area contributed by atoms with Crippen molar-refractivity contribution in [2.24, 2.45) is 5.41 Å². The molecule has 1 rings (SSSR count). The molecule has 3 nitrogen and oxygen atoms in total. The molecule has 0 fully saturated rings. The average Bonchev–Trinajstić information content (AvgIpc) is 2.24. The Hall–Kier alpha value is -1.51. The molecule has 0 bridgehead atoms. The number of nitrogens with one attached hydrogen (secondary N) is 1. The second-order valence-electron chi connectivity index (χ2n) is 5.46. The van der Waals surface area contributed by atoms with E-state index < -0.39 is 0 Å². The normalized spacial score (nSPS) is 11.1. The highest BCUT2D eigenvalue weighted by Crippen LogP contribution is 2.18. The SMILES string of the molecule is CN(C)c1ccccc1CNC(=O)C(C)(C)C. The van der Waals surface area contributed by atoms with E-state index in [-0.39, 0.29) is 11.3 Å². The third-order valence-corrected chi connectivity index (χ3v) is 2.59. The van der Waals surface area contributed by atoms with Crippen LogP contribution < -0.4 is 10.2 Å². The van der Waals surface area contributed by atoms with Gasteiger partial charge in [-0.2, -0.15) is 0 Å². The molecule has 0 aromatic heterocycles. The van der Waals surface area contributed by atoms with Crippen LogP contribution in [-0.2, 0) is 11.3 Å². The van der Waals surface area contributed by atoms with E-state index in [0.29, 0.717) is 6.54 Å². The summed E-state index contributed by atoms with van der Waals surface area (Å²) in [5.41, 5.74) is 1.93. The second kappa shape index (κ2) is 5.21. The van der Waals surface area contributed by atoms with Crippen molar-refractivity contribution in [1.29, 1.82) is 0 Å². The first-order valence-electron chi connectivity index (χ1n) is 5.86. The molecule has 0 atom stereocenters. The molecule has 0 aliphatic heterocycles. The van der Waals surface area contributed by atoms with Gasteiger partial charge in [0.25, 0.3) is 0 Å². The molecule has 1 N–H and O–H groups in total. The van der Waals surface area contributed by atoms with Crippen LogP contribution in [0.15, 0.2) is 24.3 Å². The van der Waals surface area contributed by atoms with Gasteiger partial charge in [-0.25, -0.2) is 0 Å². The van der Waals surface area contributed by atoms with E-state index in [1.54, 1.807) is 0 Å². The van der Waals surface area contributed by atoms with E-state index in [1.165, 1.54) is 0 Å². The fourth-order valence-electron chi connectivity index (χ4n) is 1.54. The molecule has 0 aliphatic rings. The maximum Gasteiger partial charge on any atom is 0.225 e. The first-order chi connectivity index (χ1) is 7.82. The molecule has 0 saturated heterocycles. The summed E-state index contributed by atoms with van der Waals surface area (Å²) in [6.45, 7) is 6.32. The number of hydrogen-bond acceptors (Lipinski definition) is 2. The van der Waals surface area contributed by atoms with Crippen LogP contribution in [0.5, 0.6) is 0 Å². The Balaban J connectivity index is 2.73. The maximum absolute atomic E-state index is 11.8. The largest absolute Gasteiger partial charge is 0.377 e. The van der Waals surface area contributed by atoms with Gasteiger partial charge in [-0.3, -0.25) is 4.79 Å². The van der Waals surface area contributed by atoms with Crippen molar-refractivity contribution >= 4 is 11.6 Å². The fraction of sp³-hybridized carbons (Fsp3) is 0.500. The van der Waals surface area contributed by atoms with Gasteiger partial charge in [-0.05, 0) is 11.6 Å². The van der Waals surface area contributed by atoms with Crippen molar-refractivity contribution in [1.82, 2.24) is 5.32 Å². The number of para-hydroxylation sites is 1. The van der Waals surface area contributed by atoms with Crippen molar-refractivity contribution < 1.29 is 4.79 Å². The lowest BCUT2D eigenvalue weighted by Crippen LogP contribution is -2.34. The Bertz CT molecular complexity index is 391. The second-order valence-corrected chi connectivity index (χ2v) is 5.46. The molecular weight excluding hydrogens is 212 g/mol. The molecule has 1 aromatic carbocycles. The van der Waals surface area contributed by atoms with Gasteiger partial charge in [-0.15, -0.1) is 0 Å². The predicted octanol–water partition coefficient (Wildman–Crippen LogP) is 2.41. The van der Waals surface area contributed by atoms with Gasteiger partial charge in [0.05, 0.1) is 0 Å². The molecule has 0 heterocycles. The molecule has 0 aliphatic carbocycles. The van der Waals surface area contributed by atoms with Crippen LogP contribution in [0.2, 0.25) is 0 Å². The summed E-state index contributed by atoms with van der Waals surface area (Å²) in [5, 5.41) is 2.97. The predicted molar refractivity (Wildman–Crippen MR) is 72.1 cm³/mol. The molecule has 0 spiro atoms. The fourth-order valence-corrected chi connectivity index (χ4v) is 1.54. The highest BCUT2D eigenvalue weighted by Gasteiger charge is 2.20. The minimum atomic E-state index is -0.340. The Kier molecular flexibility index (Phi) is 4.16. The Morgan fingerprint density at radius 1 is 1.24 bits per heavy atom. The average molecular weight is 234 g/mol. The summed E-state index contributed by atoms with van der Waals surface area (Å²) in [6, 6.07) is 8.09. The van der Waals surface area contributed by atoms with Gasteiger partial charge in [0.2, 0.25) is 5.91 Å². The molecule has 3 heteroatoms. The van der Waals surface area contributed by atoms with E-state index in [9.17, 15) is 4.79 Å². The monoisotopic (exact) mass is 234 g/mol. The molecule has 0 saturated carbocycles. The van der Waals surface area contributed by atoms with E-state index in [0.717, 1.165) is 11.3 Å². The zero-order valence-electron chi connectivity index (χ0n) is 11.4. The van der Waals surface area contributed by atoms with Crippen LogP contribution >= 0.6 is 0 Å². The lowest BCUT2D eigenvalue weighted by Gasteiger charge is -2.20. The Morgan fingerprint density at radius 3 is 2.35 bits per heavy atom. The molecule has 94 valence electrons. The smallest absolute Gasteiger partial charge is 0.225 e. The number of amides is 1. The van der Waals surface area contributed by atoms with E-state index >= 15 is 0 Å². The topological polar surface area (TPSA) is 32.3 Å².